The maximum atomic E-state index is 13.0. The predicted octanol–water partition coefficient (Wildman–Crippen LogP) is 1.30. The van der Waals surface area contributed by atoms with Crippen LogP contribution in [0.15, 0.2) is 18.5 Å². The number of nitrogens with one attached hydrogen (secondary N) is 1. The van der Waals surface area contributed by atoms with Crippen LogP contribution in [0.5, 0.6) is 0 Å². The second-order valence-electron chi connectivity index (χ2n) is 2.59. The van der Waals surface area contributed by atoms with E-state index < -0.39 is 5.82 Å². The molecule has 0 saturated carbocycles. The number of aromatic nitrogens is 3. The lowest BCUT2D eigenvalue weighted by Crippen LogP contribution is -2.04. The smallest absolute Gasteiger partial charge is 0.193 e. The average molecular weight is 180 g/mol. The molecular formula is C8H9FN4. The molecule has 0 radical (unpaired) electrons. The summed E-state index contributed by atoms with van der Waals surface area (Å²) in [5.41, 5.74) is 0.249. The average Bonchev–Trinajstić information content (AvgIpc) is 2.50. The SMILES string of the molecule is CCNc1ccnc2c(F)cnn12. The maximum Gasteiger partial charge on any atom is 0.193 e. The van der Waals surface area contributed by atoms with Gasteiger partial charge in [0, 0.05) is 12.7 Å². The highest BCUT2D eigenvalue weighted by Crippen LogP contribution is 2.11. The van der Waals surface area contributed by atoms with Gasteiger partial charge in [0.2, 0.25) is 0 Å². The molecule has 0 fully saturated rings. The van der Waals surface area contributed by atoms with Crippen LogP contribution in [0.3, 0.4) is 0 Å². The number of halogens is 1. The van der Waals surface area contributed by atoms with Gasteiger partial charge in [0.15, 0.2) is 11.5 Å². The van der Waals surface area contributed by atoms with Crippen LogP contribution < -0.4 is 5.32 Å². The van der Waals surface area contributed by atoms with Crippen LogP contribution in [-0.4, -0.2) is 21.1 Å². The Labute approximate surface area is 74.4 Å². The molecule has 68 valence electrons. The molecule has 0 aromatic carbocycles. The molecule has 2 aromatic rings. The fourth-order valence-corrected chi connectivity index (χ4v) is 1.18. The zero-order chi connectivity index (χ0) is 9.26. The van der Waals surface area contributed by atoms with E-state index in [0.29, 0.717) is 0 Å². The highest BCUT2D eigenvalue weighted by Gasteiger charge is 2.06. The number of hydrogen-bond donors (Lipinski definition) is 1. The first-order valence-corrected chi connectivity index (χ1v) is 4.05. The van der Waals surface area contributed by atoms with Gasteiger partial charge in [-0.05, 0) is 13.0 Å². The van der Waals surface area contributed by atoms with E-state index in [2.05, 4.69) is 15.4 Å². The first-order valence-electron chi connectivity index (χ1n) is 4.05. The van der Waals surface area contributed by atoms with Crippen LogP contribution >= 0.6 is 0 Å². The molecule has 2 heterocycles. The van der Waals surface area contributed by atoms with Crippen LogP contribution in [0.25, 0.3) is 5.65 Å². The summed E-state index contributed by atoms with van der Waals surface area (Å²) in [5.74, 6) is 0.344. The van der Waals surface area contributed by atoms with Gasteiger partial charge in [0.05, 0.1) is 6.20 Å². The Hall–Kier alpha value is -1.65. The number of nitrogens with zero attached hydrogens (tertiary/aromatic N) is 3. The van der Waals surface area contributed by atoms with Crippen molar-refractivity contribution in [1.82, 2.24) is 14.6 Å². The summed E-state index contributed by atoms with van der Waals surface area (Å²) < 4.78 is 14.4. The van der Waals surface area contributed by atoms with Crippen molar-refractivity contribution in [2.45, 2.75) is 6.92 Å². The Morgan fingerprint density at radius 2 is 2.46 bits per heavy atom. The summed E-state index contributed by atoms with van der Waals surface area (Å²) in [4.78, 5) is 3.87. The first-order chi connectivity index (χ1) is 6.33. The molecule has 1 N–H and O–H groups in total. The Morgan fingerprint density at radius 1 is 1.62 bits per heavy atom. The molecule has 0 bridgehead atoms. The van der Waals surface area contributed by atoms with E-state index in [1.54, 1.807) is 12.3 Å². The molecule has 4 nitrogen and oxygen atoms in total. The third kappa shape index (κ3) is 1.22. The summed E-state index contributed by atoms with van der Waals surface area (Å²) in [7, 11) is 0. The Morgan fingerprint density at radius 3 is 3.23 bits per heavy atom. The van der Waals surface area contributed by atoms with Crippen LogP contribution in [0.4, 0.5) is 10.2 Å². The number of hydrogen-bond acceptors (Lipinski definition) is 3. The third-order valence-corrected chi connectivity index (χ3v) is 1.72. The predicted molar refractivity (Wildman–Crippen MR) is 47.1 cm³/mol. The van der Waals surface area contributed by atoms with Crippen LogP contribution in [0.1, 0.15) is 6.92 Å². The van der Waals surface area contributed by atoms with E-state index in [-0.39, 0.29) is 5.65 Å². The van der Waals surface area contributed by atoms with Crippen molar-refractivity contribution in [2.75, 3.05) is 11.9 Å². The minimum atomic E-state index is -0.403. The van der Waals surface area contributed by atoms with Crippen molar-refractivity contribution in [2.24, 2.45) is 0 Å². The molecule has 2 rings (SSSR count). The second kappa shape index (κ2) is 3.01. The molecule has 0 atom stereocenters. The van der Waals surface area contributed by atoms with E-state index in [9.17, 15) is 4.39 Å². The van der Waals surface area contributed by atoms with Gasteiger partial charge in [0.1, 0.15) is 5.82 Å². The molecule has 0 amide bonds. The van der Waals surface area contributed by atoms with Gasteiger partial charge in [-0.3, -0.25) is 0 Å². The van der Waals surface area contributed by atoms with Crippen molar-refractivity contribution in [3.05, 3.63) is 24.3 Å². The number of fused-ring (bicyclic) bond motifs is 1. The zero-order valence-electron chi connectivity index (χ0n) is 7.16. The fraction of sp³-hybridized carbons (Fsp3) is 0.250. The third-order valence-electron chi connectivity index (χ3n) is 1.72. The van der Waals surface area contributed by atoms with Crippen LogP contribution in [-0.2, 0) is 0 Å². The Kier molecular flexibility index (Phi) is 1.84. The molecule has 0 aliphatic heterocycles. The molecule has 0 spiro atoms. The molecule has 0 aliphatic carbocycles. The van der Waals surface area contributed by atoms with E-state index in [4.69, 9.17) is 0 Å². The van der Waals surface area contributed by atoms with E-state index in [1.807, 2.05) is 6.92 Å². The van der Waals surface area contributed by atoms with E-state index in [0.717, 1.165) is 18.6 Å². The highest BCUT2D eigenvalue weighted by molar-refractivity contribution is 5.47. The maximum absolute atomic E-state index is 13.0. The largest absolute Gasteiger partial charge is 0.370 e. The van der Waals surface area contributed by atoms with Gasteiger partial charge in [-0.15, -0.1) is 0 Å². The number of anilines is 1. The fourth-order valence-electron chi connectivity index (χ4n) is 1.18. The van der Waals surface area contributed by atoms with Crippen molar-refractivity contribution in [3.8, 4) is 0 Å². The summed E-state index contributed by atoms with van der Waals surface area (Å²) in [5, 5.41) is 6.91. The summed E-state index contributed by atoms with van der Waals surface area (Å²) in [6.07, 6.45) is 2.71. The Bertz CT molecular complexity index is 423. The lowest BCUT2D eigenvalue weighted by Gasteiger charge is -2.03. The minimum absolute atomic E-state index is 0.249. The quantitative estimate of drug-likeness (QED) is 0.757. The van der Waals surface area contributed by atoms with E-state index in [1.165, 1.54) is 4.52 Å². The van der Waals surface area contributed by atoms with Crippen molar-refractivity contribution < 1.29 is 4.39 Å². The lowest BCUT2D eigenvalue weighted by atomic mass is 10.5. The van der Waals surface area contributed by atoms with Crippen molar-refractivity contribution >= 4 is 11.5 Å². The summed E-state index contributed by atoms with van der Waals surface area (Å²) in [6, 6.07) is 1.75. The van der Waals surface area contributed by atoms with E-state index >= 15 is 0 Å². The topological polar surface area (TPSA) is 42.2 Å². The molecule has 0 saturated heterocycles. The molecule has 0 aliphatic rings. The van der Waals surface area contributed by atoms with Crippen molar-refractivity contribution in [1.29, 1.82) is 0 Å². The first kappa shape index (κ1) is 7.97. The molecule has 13 heavy (non-hydrogen) atoms. The van der Waals surface area contributed by atoms with Gasteiger partial charge < -0.3 is 5.32 Å². The van der Waals surface area contributed by atoms with Gasteiger partial charge in [0.25, 0.3) is 0 Å². The molecule has 2 aromatic heterocycles. The molecule has 5 heteroatoms. The summed E-state index contributed by atoms with van der Waals surface area (Å²) in [6.45, 7) is 2.73. The van der Waals surface area contributed by atoms with Crippen LogP contribution in [0.2, 0.25) is 0 Å². The lowest BCUT2D eigenvalue weighted by molar-refractivity contribution is 0.636. The summed E-state index contributed by atoms with van der Waals surface area (Å²) >= 11 is 0. The number of rotatable bonds is 2. The normalized spacial score (nSPS) is 10.6. The standard InChI is InChI=1S/C8H9FN4/c1-2-10-7-3-4-11-8-6(9)5-12-13(7)8/h3-5,10H,2H2,1H3. The zero-order valence-corrected chi connectivity index (χ0v) is 7.16. The van der Waals surface area contributed by atoms with Gasteiger partial charge in [-0.2, -0.15) is 9.61 Å². The van der Waals surface area contributed by atoms with Gasteiger partial charge >= 0.3 is 0 Å². The monoisotopic (exact) mass is 180 g/mol. The molecule has 0 unspecified atom stereocenters. The second-order valence-corrected chi connectivity index (χ2v) is 2.59. The van der Waals surface area contributed by atoms with Gasteiger partial charge in [-0.1, -0.05) is 0 Å². The van der Waals surface area contributed by atoms with Crippen molar-refractivity contribution in [3.63, 3.8) is 0 Å². The minimum Gasteiger partial charge on any atom is -0.370 e. The molecular weight excluding hydrogens is 171 g/mol. The highest BCUT2D eigenvalue weighted by atomic mass is 19.1. The Balaban J connectivity index is 2.63. The van der Waals surface area contributed by atoms with Crippen LogP contribution in [0, 0.1) is 5.82 Å². The van der Waals surface area contributed by atoms with Gasteiger partial charge in [-0.25, -0.2) is 9.37 Å².